The van der Waals surface area contributed by atoms with Gasteiger partial charge in [0.1, 0.15) is 11.4 Å². The average molecular weight is 512 g/mol. The maximum absolute atomic E-state index is 6.48. The van der Waals surface area contributed by atoms with Gasteiger partial charge >= 0.3 is 0 Å². The fraction of sp³-hybridized carbons (Fsp3) is 0.524. The smallest absolute Gasteiger partial charge is 0.192 e. The van der Waals surface area contributed by atoms with Crippen molar-refractivity contribution < 1.29 is 4.74 Å². The first-order valence-electron chi connectivity index (χ1n) is 9.91. The van der Waals surface area contributed by atoms with Crippen LogP contribution in [0.15, 0.2) is 35.5 Å². The zero-order chi connectivity index (χ0) is 18.7. The zero-order valence-electron chi connectivity index (χ0n) is 16.5. The molecule has 1 aromatic carbocycles. The molecule has 0 saturated heterocycles. The molecule has 2 N–H and O–H groups in total. The Morgan fingerprint density at radius 2 is 2.11 bits per heavy atom. The Hall–Kier alpha value is -1.35. The topological polar surface area (TPSA) is 58.5 Å². The summed E-state index contributed by atoms with van der Waals surface area (Å²) in [5, 5.41) is 8.17. The number of nitrogens with one attached hydrogen (secondary N) is 2. The molecule has 1 aliphatic carbocycles. The largest absolute Gasteiger partial charge is 0.487 e. The van der Waals surface area contributed by atoms with Gasteiger partial charge in [-0.1, -0.05) is 18.2 Å². The van der Waals surface area contributed by atoms with Crippen LogP contribution in [0.25, 0.3) is 0 Å². The summed E-state index contributed by atoms with van der Waals surface area (Å²) in [5.41, 5.74) is 1.22. The second-order valence-electron chi connectivity index (χ2n) is 7.47. The first-order valence-corrected chi connectivity index (χ1v) is 10.7. The quantitative estimate of drug-likeness (QED) is 0.346. The highest BCUT2D eigenvalue weighted by Crippen LogP contribution is 2.46. The van der Waals surface area contributed by atoms with Crippen molar-refractivity contribution >= 4 is 41.3 Å². The van der Waals surface area contributed by atoms with Crippen LogP contribution in [0.1, 0.15) is 60.5 Å². The molecule has 2 aromatic rings. The zero-order valence-corrected chi connectivity index (χ0v) is 19.7. The number of benzene rings is 1. The van der Waals surface area contributed by atoms with Crippen molar-refractivity contribution in [3.63, 3.8) is 0 Å². The van der Waals surface area contributed by atoms with Crippen LogP contribution in [-0.4, -0.2) is 23.1 Å². The van der Waals surface area contributed by atoms with E-state index in [4.69, 9.17) is 9.73 Å². The second kappa shape index (κ2) is 9.43. The summed E-state index contributed by atoms with van der Waals surface area (Å²) in [7, 11) is 0. The van der Waals surface area contributed by atoms with Crippen LogP contribution in [-0.2, 0) is 6.54 Å². The van der Waals surface area contributed by atoms with E-state index in [1.807, 2.05) is 13.1 Å². The normalized spacial score (nSPS) is 20.2. The van der Waals surface area contributed by atoms with Gasteiger partial charge in [0.05, 0.1) is 17.6 Å². The van der Waals surface area contributed by atoms with Gasteiger partial charge in [-0.15, -0.1) is 35.3 Å². The molecular weight excluding hydrogens is 483 g/mol. The lowest BCUT2D eigenvalue weighted by Gasteiger charge is -2.40. The van der Waals surface area contributed by atoms with Gasteiger partial charge < -0.3 is 15.4 Å². The van der Waals surface area contributed by atoms with E-state index in [9.17, 15) is 0 Å². The van der Waals surface area contributed by atoms with E-state index in [2.05, 4.69) is 46.8 Å². The third-order valence-corrected chi connectivity index (χ3v) is 6.33. The van der Waals surface area contributed by atoms with Gasteiger partial charge in [-0.25, -0.2) is 9.98 Å². The van der Waals surface area contributed by atoms with E-state index in [0.29, 0.717) is 6.54 Å². The van der Waals surface area contributed by atoms with Gasteiger partial charge in [-0.2, -0.15) is 0 Å². The van der Waals surface area contributed by atoms with Gasteiger partial charge in [0.2, 0.25) is 0 Å². The van der Waals surface area contributed by atoms with E-state index in [-0.39, 0.29) is 35.6 Å². The predicted octanol–water partition coefficient (Wildman–Crippen LogP) is 4.96. The van der Waals surface area contributed by atoms with Crippen LogP contribution in [0, 0.1) is 6.92 Å². The minimum Gasteiger partial charge on any atom is -0.487 e. The molecule has 2 heterocycles. The van der Waals surface area contributed by atoms with Crippen LogP contribution < -0.4 is 15.4 Å². The molecule has 7 heteroatoms. The number of thiazole rings is 1. The van der Waals surface area contributed by atoms with Gasteiger partial charge in [0.15, 0.2) is 5.96 Å². The van der Waals surface area contributed by atoms with Crippen molar-refractivity contribution in [1.29, 1.82) is 0 Å². The van der Waals surface area contributed by atoms with E-state index in [1.54, 1.807) is 11.3 Å². The maximum atomic E-state index is 6.48. The van der Waals surface area contributed by atoms with Gasteiger partial charge in [-0.3, -0.25) is 0 Å². The highest BCUT2D eigenvalue weighted by Gasteiger charge is 2.43. The van der Waals surface area contributed by atoms with Gasteiger partial charge in [-0.05, 0) is 45.6 Å². The maximum Gasteiger partial charge on any atom is 0.192 e. The molecule has 0 amide bonds. The van der Waals surface area contributed by atoms with Crippen molar-refractivity contribution in [2.24, 2.45) is 4.99 Å². The van der Waals surface area contributed by atoms with Crippen LogP contribution in [0.3, 0.4) is 0 Å². The lowest BCUT2D eigenvalue weighted by atomic mass is 9.86. The van der Waals surface area contributed by atoms with Crippen molar-refractivity contribution in [2.45, 2.75) is 64.1 Å². The minimum atomic E-state index is -0.0157. The van der Waals surface area contributed by atoms with Crippen LogP contribution >= 0.6 is 35.3 Å². The van der Waals surface area contributed by atoms with E-state index in [0.717, 1.165) is 42.5 Å². The lowest BCUT2D eigenvalue weighted by Crippen LogP contribution is -2.46. The number of hydrogen-bond donors (Lipinski definition) is 2. The molecule has 0 bridgehead atoms. The highest BCUT2D eigenvalue weighted by atomic mass is 127. The van der Waals surface area contributed by atoms with Crippen LogP contribution in [0.5, 0.6) is 5.75 Å². The summed E-state index contributed by atoms with van der Waals surface area (Å²) in [6, 6.07) is 8.65. The summed E-state index contributed by atoms with van der Waals surface area (Å²) < 4.78 is 6.48. The van der Waals surface area contributed by atoms with E-state index >= 15 is 0 Å². The molecule has 1 spiro atoms. The molecule has 2 aliphatic rings. The Morgan fingerprint density at radius 3 is 2.82 bits per heavy atom. The van der Waals surface area contributed by atoms with Crippen LogP contribution in [0.4, 0.5) is 0 Å². The van der Waals surface area contributed by atoms with E-state index < -0.39 is 0 Å². The van der Waals surface area contributed by atoms with Crippen molar-refractivity contribution in [3.8, 4) is 5.75 Å². The molecule has 28 heavy (non-hydrogen) atoms. The number of aryl methyl sites for hydroxylation is 1. The Morgan fingerprint density at radius 1 is 1.32 bits per heavy atom. The highest BCUT2D eigenvalue weighted by molar-refractivity contribution is 14.0. The number of nitrogens with zero attached hydrogens (tertiary/aromatic N) is 2. The Bertz CT molecular complexity index is 816. The number of aliphatic imine (C=N–C) groups is 1. The molecular formula is C21H29IN4OS. The Balaban J connectivity index is 0.00000225. The number of fused-ring (bicyclic) bond motifs is 1. The summed E-state index contributed by atoms with van der Waals surface area (Å²) in [6.07, 6.45) is 7.72. The molecule has 1 fully saturated rings. The van der Waals surface area contributed by atoms with Gasteiger partial charge in [0, 0.05) is 29.6 Å². The van der Waals surface area contributed by atoms with Crippen molar-refractivity contribution in [3.05, 3.63) is 45.9 Å². The van der Waals surface area contributed by atoms with Crippen molar-refractivity contribution in [2.75, 3.05) is 6.54 Å². The second-order valence-corrected chi connectivity index (χ2v) is 8.79. The third-order valence-electron chi connectivity index (χ3n) is 5.43. The fourth-order valence-corrected chi connectivity index (χ4v) is 4.91. The molecule has 1 aromatic heterocycles. The van der Waals surface area contributed by atoms with Crippen molar-refractivity contribution in [1.82, 2.24) is 15.6 Å². The number of rotatable bonds is 4. The standard InChI is InChI=1S/C21H28N4OS.HI/c1-3-22-20(24-14-16-13-23-15(2)27-16)25-18-12-21(10-6-7-11-21)26-19-9-5-4-8-17(18)19;/h4-5,8-9,13,18H,3,6-7,10-12,14H2,1-2H3,(H2,22,24,25);1H. The number of para-hydroxylation sites is 1. The molecule has 5 nitrogen and oxygen atoms in total. The first-order chi connectivity index (χ1) is 13.2. The molecule has 1 saturated carbocycles. The monoisotopic (exact) mass is 512 g/mol. The Labute approximate surface area is 188 Å². The number of halogens is 1. The summed E-state index contributed by atoms with van der Waals surface area (Å²) in [5.74, 6) is 1.88. The summed E-state index contributed by atoms with van der Waals surface area (Å²) >= 11 is 1.70. The summed E-state index contributed by atoms with van der Waals surface area (Å²) in [4.78, 5) is 10.3. The minimum absolute atomic E-state index is 0. The number of aromatic nitrogens is 1. The predicted molar refractivity (Wildman–Crippen MR) is 126 cm³/mol. The molecule has 0 radical (unpaired) electrons. The number of hydrogen-bond acceptors (Lipinski definition) is 4. The molecule has 1 unspecified atom stereocenters. The number of ether oxygens (including phenoxy) is 1. The van der Waals surface area contributed by atoms with E-state index in [1.165, 1.54) is 23.3 Å². The fourth-order valence-electron chi connectivity index (χ4n) is 4.19. The average Bonchev–Trinajstić information content (AvgIpc) is 3.29. The SMILES string of the molecule is CCNC(=NCc1cnc(C)s1)NC1CC2(CCCC2)Oc2ccccc21.I. The third kappa shape index (κ3) is 4.79. The lowest BCUT2D eigenvalue weighted by molar-refractivity contribution is 0.0396. The molecule has 1 aliphatic heterocycles. The number of guanidine groups is 1. The van der Waals surface area contributed by atoms with Crippen LogP contribution in [0.2, 0.25) is 0 Å². The first kappa shape index (κ1) is 21.4. The molecule has 4 rings (SSSR count). The molecule has 152 valence electrons. The molecule has 1 atom stereocenters. The summed E-state index contributed by atoms with van der Waals surface area (Å²) in [6.45, 7) is 5.62. The van der Waals surface area contributed by atoms with Gasteiger partial charge in [0.25, 0.3) is 0 Å². The Kier molecular flexibility index (Phi) is 7.20.